The van der Waals surface area contributed by atoms with E-state index in [0.29, 0.717) is 5.75 Å². The maximum Gasteiger partial charge on any atom is 0.131 e. The van der Waals surface area contributed by atoms with Gasteiger partial charge in [0.2, 0.25) is 0 Å². The quantitative estimate of drug-likeness (QED) is 0.336. The smallest absolute Gasteiger partial charge is 0.131 e. The highest BCUT2D eigenvalue weighted by atomic mass is 16.5. The number of hydrogen-bond donors (Lipinski definition) is 0. The van der Waals surface area contributed by atoms with Crippen LogP contribution in [-0.4, -0.2) is 0 Å². The molecule has 3 aromatic rings. The second-order valence-corrected chi connectivity index (χ2v) is 9.62. The van der Waals surface area contributed by atoms with Gasteiger partial charge in [-0.25, -0.2) is 0 Å². The average molecular weight is 447 g/mol. The Balaban J connectivity index is 1.60. The molecule has 0 radical (unpaired) electrons. The Morgan fingerprint density at radius 3 is 2.12 bits per heavy atom. The van der Waals surface area contributed by atoms with Crippen LogP contribution in [0, 0.1) is 11.8 Å². The van der Waals surface area contributed by atoms with Crippen molar-refractivity contribution in [3.05, 3.63) is 132 Å². The van der Waals surface area contributed by atoms with Crippen LogP contribution in [0.15, 0.2) is 109 Å². The lowest BCUT2D eigenvalue weighted by Gasteiger charge is -2.41. The van der Waals surface area contributed by atoms with E-state index in [4.69, 9.17) is 13.0 Å². The monoisotopic (exact) mass is 446 g/mol. The molecule has 3 aliphatic carbocycles. The lowest BCUT2D eigenvalue weighted by molar-refractivity contribution is 0.393. The Bertz CT molecular complexity index is 1620. The lowest BCUT2D eigenvalue weighted by atomic mass is 9.63. The van der Waals surface area contributed by atoms with Crippen molar-refractivity contribution in [3.8, 4) is 22.6 Å². The number of benzene rings is 3. The molecule has 0 bridgehead atoms. The Hall–Kier alpha value is -3.58. The van der Waals surface area contributed by atoms with Crippen LogP contribution < -0.4 is 4.74 Å². The lowest BCUT2D eigenvalue weighted by Crippen LogP contribution is -2.29. The van der Waals surface area contributed by atoms with Gasteiger partial charge in [0.1, 0.15) is 11.5 Å². The molecule has 0 saturated carbocycles. The van der Waals surface area contributed by atoms with Gasteiger partial charge >= 0.3 is 0 Å². The summed E-state index contributed by atoms with van der Waals surface area (Å²) in [5.41, 5.74) is 2.08. The van der Waals surface area contributed by atoms with Crippen molar-refractivity contribution in [1.29, 1.82) is 0 Å². The third-order valence-corrected chi connectivity index (χ3v) is 7.84. The molecule has 0 aromatic heterocycles. The van der Waals surface area contributed by atoms with Crippen molar-refractivity contribution < 1.29 is 13.0 Å². The zero-order valence-corrected chi connectivity index (χ0v) is 18.6. The molecular formula is C33H28O. The van der Waals surface area contributed by atoms with Crippen LogP contribution in [0.1, 0.15) is 56.0 Å². The summed E-state index contributed by atoms with van der Waals surface area (Å²) in [6.45, 7) is -5.75. The van der Waals surface area contributed by atoms with Gasteiger partial charge in [-0.05, 0) is 52.3 Å². The van der Waals surface area contributed by atoms with Crippen LogP contribution in [0.25, 0.3) is 11.1 Å². The normalized spacial score (nSPS) is 29.9. The molecule has 4 atom stereocenters. The first kappa shape index (κ1) is 14.6. The van der Waals surface area contributed by atoms with Gasteiger partial charge in [-0.2, -0.15) is 0 Å². The van der Waals surface area contributed by atoms with Crippen LogP contribution in [-0.2, 0) is 5.41 Å². The van der Waals surface area contributed by atoms with E-state index in [2.05, 4.69) is 60.7 Å². The summed E-state index contributed by atoms with van der Waals surface area (Å²) in [5.74, 6) is 1.07. The van der Waals surface area contributed by atoms with E-state index in [9.17, 15) is 0 Å². The van der Waals surface area contributed by atoms with E-state index in [1.54, 1.807) is 24.3 Å². The van der Waals surface area contributed by atoms with Crippen LogP contribution >= 0.6 is 0 Å². The maximum absolute atomic E-state index is 8.70. The van der Waals surface area contributed by atoms with Crippen LogP contribution in [0.2, 0.25) is 0 Å². The first-order valence-corrected chi connectivity index (χ1v) is 11.9. The number of fused-ring (bicyclic) bond motifs is 10. The molecule has 0 amide bonds. The topological polar surface area (TPSA) is 9.23 Å². The Morgan fingerprint density at radius 1 is 0.647 bits per heavy atom. The highest BCUT2D eigenvalue weighted by Crippen LogP contribution is 2.55. The van der Waals surface area contributed by atoms with E-state index in [0.717, 1.165) is 22.3 Å². The summed E-state index contributed by atoms with van der Waals surface area (Å²) < 4.78 is 58.6. The number of rotatable bonds is 0. The zero-order chi connectivity index (χ0) is 27.9. The minimum atomic E-state index is -2.87. The highest BCUT2D eigenvalue weighted by Gasteiger charge is 2.40. The van der Waals surface area contributed by atoms with Crippen LogP contribution in [0.4, 0.5) is 0 Å². The average Bonchev–Trinajstić information content (AvgIpc) is 2.93. The van der Waals surface area contributed by atoms with Crippen molar-refractivity contribution in [1.82, 2.24) is 0 Å². The summed E-state index contributed by atoms with van der Waals surface area (Å²) in [6.07, 6.45) is 17.3. The summed E-state index contributed by atoms with van der Waals surface area (Å²) >= 11 is 0. The van der Waals surface area contributed by atoms with Gasteiger partial charge in [-0.3, -0.25) is 0 Å². The van der Waals surface area contributed by atoms with Crippen molar-refractivity contribution in [2.75, 3.05) is 0 Å². The number of para-hydroxylation sites is 1. The summed E-state index contributed by atoms with van der Waals surface area (Å²) in [7, 11) is 0. The molecule has 1 aliphatic heterocycles. The van der Waals surface area contributed by atoms with Crippen molar-refractivity contribution in [2.45, 2.75) is 31.0 Å². The molecule has 0 fully saturated rings. The molecule has 34 heavy (non-hydrogen) atoms. The third kappa shape index (κ3) is 2.73. The Morgan fingerprint density at radius 2 is 1.32 bits per heavy atom. The van der Waals surface area contributed by atoms with Gasteiger partial charge in [0.15, 0.2) is 0 Å². The molecule has 7 rings (SSSR count). The van der Waals surface area contributed by atoms with Gasteiger partial charge in [-0.15, -0.1) is 0 Å². The molecule has 3 aromatic carbocycles. The SMILES string of the molecule is [2H]C([2H])([2H])C1(C([2H])([2H])[2H])c2ccccc2Oc2cc3c(cc21)-c1ccccc1C1C=CC=CC1C1C=CC=CC31. The van der Waals surface area contributed by atoms with E-state index in [1.807, 2.05) is 24.3 Å². The van der Waals surface area contributed by atoms with Crippen LogP contribution in [0.3, 0.4) is 0 Å². The predicted octanol–water partition coefficient (Wildman–Crippen LogP) is 8.45. The fourth-order valence-electron chi connectivity index (χ4n) is 6.25. The zero-order valence-electron chi connectivity index (χ0n) is 24.6. The van der Waals surface area contributed by atoms with E-state index in [1.165, 1.54) is 0 Å². The molecule has 0 N–H and O–H groups in total. The number of hydrogen-bond acceptors (Lipinski definition) is 1. The standard InChI is InChI=1S/C33H28O/c1-33(2)29-17-9-10-18-31(29)34-32-20-28-26-16-8-6-14-24(26)22-12-4-3-11-21(22)23-13-5-7-15-25(23)27(28)19-30(32)33/h3-22,24,26H,1-2H3/i1D3,2D3. The number of allylic oxidation sites excluding steroid dienone is 8. The molecular weight excluding hydrogens is 412 g/mol. The molecule has 4 unspecified atom stereocenters. The van der Waals surface area contributed by atoms with Crippen molar-refractivity contribution in [2.24, 2.45) is 11.8 Å². The minimum absolute atomic E-state index is 0.00185. The first-order chi connectivity index (χ1) is 19.1. The fourth-order valence-corrected chi connectivity index (χ4v) is 6.25. The maximum atomic E-state index is 8.70. The predicted molar refractivity (Wildman–Crippen MR) is 140 cm³/mol. The van der Waals surface area contributed by atoms with E-state index in [-0.39, 0.29) is 40.5 Å². The second kappa shape index (κ2) is 7.21. The summed E-state index contributed by atoms with van der Waals surface area (Å²) in [4.78, 5) is 0. The molecule has 0 spiro atoms. The molecule has 0 saturated heterocycles. The summed E-state index contributed by atoms with van der Waals surface area (Å²) in [5, 5.41) is 0. The fraction of sp³-hybridized carbons (Fsp3) is 0.212. The van der Waals surface area contributed by atoms with Crippen molar-refractivity contribution in [3.63, 3.8) is 0 Å². The van der Waals surface area contributed by atoms with Gasteiger partial charge in [0.05, 0.1) is 0 Å². The van der Waals surface area contributed by atoms with Gasteiger partial charge in [-0.1, -0.05) is 105 Å². The van der Waals surface area contributed by atoms with Gasteiger partial charge in [0, 0.05) is 36.6 Å². The molecule has 4 aliphatic rings. The molecule has 1 heterocycles. The van der Waals surface area contributed by atoms with Crippen molar-refractivity contribution >= 4 is 0 Å². The Labute approximate surface area is 210 Å². The minimum Gasteiger partial charge on any atom is -0.457 e. The van der Waals surface area contributed by atoms with Gasteiger partial charge < -0.3 is 4.74 Å². The summed E-state index contributed by atoms with van der Waals surface area (Å²) in [6, 6.07) is 18.6. The third-order valence-electron chi connectivity index (χ3n) is 7.84. The highest BCUT2D eigenvalue weighted by molar-refractivity contribution is 5.77. The number of ether oxygens (including phenoxy) is 1. The van der Waals surface area contributed by atoms with Gasteiger partial charge in [0.25, 0.3) is 0 Å². The molecule has 1 heteroatoms. The first-order valence-electron chi connectivity index (χ1n) is 14.9. The second-order valence-electron chi connectivity index (χ2n) is 9.62. The molecule has 1 nitrogen and oxygen atoms in total. The Kier molecular flexibility index (Phi) is 3.10. The van der Waals surface area contributed by atoms with E-state index >= 15 is 0 Å². The van der Waals surface area contributed by atoms with E-state index < -0.39 is 19.1 Å². The van der Waals surface area contributed by atoms with Crippen LogP contribution in [0.5, 0.6) is 11.5 Å². The largest absolute Gasteiger partial charge is 0.457 e. The molecule has 166 valence electrons.